The number of para-hydroxylation sites is 1. The van der Waals surface area contributed by atoms with Gasteiger partial charge in [-0.25, -0.2) is 4.99 Å². The average molecular weight is 512 g/mol. The molecule has 0 aliphatic carbocycles. The second kappa shape index (κ2) is 12.9. The number of halogens is 1. The van der Waals surface area contributed by atoms with Crippen molar-refractivity contribution in [1.82, 2.24) is 10.2 Å². The van der Waals surface area contributed by atoms with Gasteiger partial charge in [0, 0.05) is 19.3 Å². The standard InChI is InChI=1S/C21H28N4O3.HI/c1-4-22-21(23-15-20(27)24-17-9-11-18(26)12-10-17)25(3)13-14-28-19-8-6-5-7-16(19)2;/h5-12,26H,4,13-15H2,1-3H3,(H,22,23)(H,24,27);1H. The van der Waals surface area contributed by atoms with Gasteiger partial charge in [-0.1, -0.05) is 18.2 Å². The third kappa shape index (κ3) is 8.59. The van der Waals surface area contributed by atoms with Gasteiger partial charge >= 0.3 is 0 Å². The zero-order valence-corrected chi connectivity index (χ0v) is 19.3. The third-order valence-electron chi connectivity index (χ3n) is 4.00. The van der Waals surface area contributed by atoms with E-state index in [0.717, 1.165) is 11.3 Å². The smallest absolute Gasteiger partial charge is 0.246 e. The molecule has 0 aliphatic rings. The van der Waals surface area contributed by atoms with Gasteiger partial charge in [0.1, 0.15) is 24.7 Å². The Morgan fingerprint density at radius 1 is 1.17 bits per heavy atom. The lowest BCUT2D eigenvalue weighted by Gasteiger charge is -2.22. The number of nitrogens with zero attached hydrogens (tertiary/aromatic N) is 2. The monoisotopic (exact) mass is 512 g/mol. The first-order valence-electron chi connectivity index (χ1n) is 9.26. The number of amides is 1. The number of guanidine groups is 1. The minimum absolute atomic E-state index is 0. The van der Waals surface area contributed by atoms with Crippen molar-refractivity contribution >= 4 is 41.5 Å². The Hall–Kier alpha value is -2.49. The van der Waals surface area contributed by atoms with E-state index in [1.807, 2.05) is 50.1 Å². The molecule has 0 unspecified atom stereocenters. The molecule has 0 spiro atoms. The lowest BCUT2D eigenvalue weighted by molar-refractivity contribution is -0.114. The van der Waals surface area contributed by atoms with E-state index >= 15 is 0 Å². The highest BCUT2D eigenvalue weighted by Gasteiger charge is 2.08. The Morgan fingerprint density at radius 3 is 2.52 bits per heavy atom. The van der Waals surface area contributed by atoms with Crippen LogP contribution >= 0.6 is 24.0 Å². The summed E-state index contributed by atoms with van der Waals surface area (Å²) in [6, 6.07) is 14.2. The summed E-state index contributed by atoms with van der Waals surface area (Å²) in [6.07, 6.45) is 0. The number of aryl methyl sites for hydroxylation is 1. The predicted octanol–water partition coefficient (Wildman–Crippen LogP) is 3.23. The highest BCUT2D eigenvalue weighted by Crippen LogP contribution is 2.16. The van der Waals surface area contributed by atoms with Crippen LogP contribution in [0.3, 0.4) is 0 Å². The number of aromatic hydroxyl groups is 1. The van der Waals surface area contributed by atoms with Crippen LogP contribution in [-0.4, -0.2) is 55.2 Å². The van der Waals surface area contributed by atoms with Gasteiger partial charge in [-0.2, -0.15) is 0 Å². The molecule has 7 nitrogen and oxygen atoms in total. The summed E-state index contributed by atoms with van der Waals surface area (Å²) < 4.78 is 5.83. The van der Waals surface area contributed by atoms with E-state index in [1.54, 1.807) is 12.1 Å². The number of aliphatic imine (C=N–C) groups is 1. The second-order valence-electron chi connectivity index (χ2n) is 6.30. The van der Waals surface area contributed by atoms with Gasteiger partial charge in [0.2, 0.25) is 5.91 Å². The minimum atomic E-state index is -0.231. The molecule has 0 saturated heterocycles. The van der Waals surface area contributed by atoms with Gasteiger partial charge in [0.15, 0.2) is 5.96 Å². The molecule has 8 heteroatoms. The molecule has 158 valence electrons. The number of phenolic OH excluding ortho intramolecular Hbond substituents is 1. The van der Waals surface area contributed by atoms with Gasteiger partial charge in [-0.3, -0.25) is 4.79 Å². The minimum Gasteiger partial charge on any atom is -0.508 e. The van der Waals surface area contributed by atoms with E-state index in [1.165, 1.54) is 12.1 Å². The zero-order chi connectivity index (χ0) is 20.4. The number of likely N-dealkylation sites (N-methyl/N-ethyl adjacent to an activating group) is 1. The topological polar surface area (TPSA) is 86.2 Å². The number of hydrogen-bond donors (Lipinski definition) is 3. The van der Waals surface area contributed by atoms with Crippen molar-refractivity contribution in [2.75, 3.05) is 38.6 Å². The van der Waals surface area contributed by atoms with Crippen LogP contribution in [-0.2, 0) is 4.79 Å². The highest BCUT2D eigenvalue weighted by atomic mass is 127. The number of carbonyl (C=O) groups is 1. The molecule has 2 rings (SSSR count). The number of nitrogens with one attached hydrogen (secondary N) is 2. The Bertz CT molecular complexity index is 797. The molecule has 0 saturated carbocycles. The van der Waals surface area contributed by atoms with Crippen LogP contribution < -0.4 is 15.4 Å². The van der Waals surface area contributed by atoms with E-state index in [9.17, 15) is 9.90 Å². The maximum Gasteiger partial charge on any atom is 0.246 e. The van der Waals surface area contributed by atoms with E-state index in [-0.39, 0.29) is 42.2 Å². The van der Waals surface area contributed by atoms with Crippen LogP contribution in [0.5, 0.6) is 11.5 Å². The molecule has 0 aromatic heterocycles. The molecular weight excluding hydrogens is 483 g/mol. The molecule has 0 aliphatic heterocycles. The zero-order valence-electron chi connectivity index (χ0n) is 17.0. The van der Waals surface area contributed by atoms with E-state index in [0.29, 0.717) is 31.3 Å². The van der Waals surface area contributed by atoms with Gasteiger partial charge in [0.05, 0.1) is 6.54 Å². The van der Waals surface area contributed by atoms with Gasteiger partial charge in [-0.05, 0) is 49.7 Å². The highest BCUT2D eigenvalue weighted by molar-refractivity contribution is 14.0. The molecule has 2 aromatic rings. The summed E-state index contributed by atoms with van der Waals surface area (Å²) in [5.74, 6) is 1.42. The number of carbonyl (C=O) groups excluding carboxylic acids is 1. The van der Waals surface area contributed by atoms with Crippen LogP contribution in [0.25, 0.3) is 0 Å². The number of ether oxygens (including phenoxy) is 1. The lowest BCUT2D eigenvalue weighted by atomic mass is 10.2. The average Bonchev–Trinajstić information content (AvgIpc) is 2.68. The second-order valence-corrected chi connectivity index (χ2v) is 6.30. The number of hydrogen-bond acceptors (Lipinski definition) is 4. The quantitative estimate of drug-likeness (QED) is 0.219. The number of rotatable bonds is 8. The Balaban J connectivity index is 0.00000420. The molecule has 0 fully saturated rings. The molecule has 0 atom stereocenters. The fourth-order valence-electron chi connectivity index (χ4n) is 2.48. The molecule has 0 bridgehead atoms. The van der Waals surface area contributed by atoms with Crippen LogP contribution in [0, 0.1) is 6.92 Å². The van der Waals surface area contributed by atoms with Crippen molar-refractivity contribution in [3.63, 3.8) is 0 Å². The SMILES string of the molecule is CCNC(=NCC(=O)Nc1ccc(O)cc1)N(C)CCOc1ccccc1C.I. The van der Waals surface area contributed by atoms with Crippen LogP contribution in [0.15, 0.2) is 53.5 Å². The summed E-state index contributed by atoms with van der Waals surface area (Å²) in [5, 5.41) is 15.2. The summed E-state index contributed by atoms with van der Waals surface area (Å²) in [6.45, 7) is 5.81. The number of benzene rings is 2. The molecule has 29 heavy (non-hydrogen) atoms. The molecule has 0 heterocycles. The number of anilines is 1. The van der Waals surface area contributed by atoms with Crippen molar-refractivity contribution in [3.8, 4) is 11.5 Å². The van der Waals surface area contributed by atoms with Crippen LogP contribution in [0.2, 0.25) is 0 Å². The largest absolute Gasteiger partial charge is 0.508 e. The van der Waals surface area contributed by atoms with Crippen LogP contribution in [0.1, 0.15) is 12.5 Å². The number of phenols is 1. The summed E-state index contributed by atoms with van der Waals surface area (Å²) >= 11 is 0. The molecular formula is C21H29IN4O3. The summed E-state index contributed by atoms with van der Waals surface area (Å²) in [5.41, 5.74) is 1.71. The molecule has 1 amide bonds. The Labute approximate surface area is 189 Å². The van der Waals surface area contributed by atoms with E-state index < -0.39 is 0 Å². The Morgan fingerprint density at radius 2 is 1.86 bits per heavy atom. The van der Waals surface area contributed by atoms with Crippen molar-refractivity contribution in [2.45, 2.75) is 13.8 Å². The van der Waals surface area contributed by atoms with E-state index in [2.05, 4.69) is 15.6 Å². The maximum absolute atomic E-state index is 12.1. The normalized spacial score (nSPS) is 10.7. The Kier molecular flexibility index (Phi) is 10.9. The molecule has 2 aromatic carbocycles. The van der Waals surface area contributed by atoms with Crippen molar-refractivity contribution in [2.24, 2.45) is 4.99 Å². The van der Waals surface area contributed by atoms with Crippen molar-refractivity contribution < 1.29 is 14.6 Å². The first kappa shape index (κ1) is 24.5. The fourth-order valence-corrected chi connectivity index (χ4v) is 2.48. The third-order valence-corrected chi connectivity index (χ3v) is 4.00. The molecule has 3 N–H and O–H groups in total. The van der Waals surface area contributed by atoms with Crippen molar-refractivity contribution in [1.29, 1.82) is 0 Å². The maximum atomic E-state index is 12.1. The van der Waals surface area contributed by atoms with Crippen molar-refractivity contribution in [3.05, 3.63) is 54.1 Å². The van der Waals surface area contributed by atoms with E-state index in [4.69, 9.17) is 4.74 Å². The first-order valence-corrected chi connectivity index (χ1v) is 9.26. The van der Waals surface area contributed by atoms with Gasteiger partial charge in [0.25, 0.3) is 0 Å². The van der Waals surface area contributed by atoms with Crippen LogP contribution in [0.4, 0.5) is 5.69 Å². The first-order chi connectivity index (χ1) is 13.5. The summed E-state index contributed by atoms with van der Waals surface area (Å²) in [4.78, 5) is 18.4. The summed E-state index contributed by atoms with van der Waals surface area (Å²) in [7, 11) is 1.90. The molecule has 0 radical (unpaired) electrons. The fraction of sp³-hybridized carbons (Fsp3) is 0.333. The predicted molar refractivity (Wildman–Crippen MR) is 127 cm³/mol. The van der Waals surface area contributed by atoms with Gasteiger partial charge < -0.3 is 25.4 Å². The van der Waals surface area contributed by atoms with Gasteiger partial charge in [-0.15, -0.1) is 24.0 Å². The lowest BCUT2D eigenvalue weighted by Crippen LogP contribution is -2.41.